The third-order valence-electron chi connectivity index (χ3n) is 13.6. The maximum Gasteiger partial charge on any atom is 1.00 e. The van der Waals surface area contributed by atoms with Gasteiger partial charge in [-0.15, -0.1) is 0 Å². The van der Waals surface area contributed by atoms with E-state index >= 15 is 0 Å². The molecule has 0 aliphatic heterocycles. The predicted molar refractivity (Wildman–Crippen MR) is 375 cm³/mol. The van der Waals surface area contributed by atoms with E-state index in [1.54, 1.807) is 37.2 Å². The van der Waals surface area contributed by atoms with Crippen molar-refractivity contribution in [3.05, 3.63) is 250 Å². The SMILES string of the molecule is Cc1ccc(-c2nc([S-])ncc2C)cc1.Cc1ccc(-c2nc([S-])ncc2C)cc1.Cc1ccc(-c2nc([S-])ncc2C)cc1.Cc1ccc(-c2nc([S-])ncc2C)cc1.Cc1ccc(-c2nc([S-])ncc2C)cc1.Cc1ccc(-c2nc([S-])ncc2C)cc1.[Cu+].[Cu+].[Cu+].[Cu+].[Cu+].[Cu+]. The maximum atomic E-state index is 4.96. The van der Waals surface area contributed by atoms with Crippen LogP contribution in [0, 0.1) is 83.1 Å². The van der Waals surface area contributed by atoms with Crippen LogP contribution in [0.3, 0.4) is 0 Å². The molecule has 6 heterocycles. The van der Waals surface area contributed by atoms with Crippen molar-refractivity contribution < 1.29 is 102 Å². The number of aryl methyl sites for hydroxylation is 12. The van der Waals surface area contributed by atoms with Gasteiger partial charge in [-0.1, -0.05) is 179 Å². The van der Waals surface area contributed by atoms with Gasteiger partial charge in [0.15, 0.2) is 0 Å². The van der Waals surface area contributed by atoms with Crippen molar-refractivity contribution in [2.75, 3.05) is 0 Å². The van der Waals surface area contributed by atoms with Gasteiger partial charge in [0, 0.05) is 102 Å². The summed E-state index contributed by atoms with van der Waals surface area (Å²) in [6.45, 7) is 24.3. The van der Waals surface area contributed by atoms with Crippen molar-refractivity contribution in [2.45, 2.75) is 114 Å². The molecule has 0 aliphatic carbocycles. The molecule has 0 unspecified atom stereocenters. The van der Waals surface area contributed by atoms with Gasteiger partial charge in [-0.2, -0.15) is 0 Å². The van der Waals surface area contributed by atoms with E-state index in [2.05, 4.69) is 247 Å². The first-order valence-electron chi connectivity index (χ1n) is 28.5. The zero-order valence-corrected chi connectivity index (χ0v) is 64.5. The summed E-state index contributed by atoms with van der Waals surface area (Å²) in [6.07, 6.45) is 10.6. The summed E-state index contributed by atoms with van der Waals surface area (Å²) in [5, 5.41) is 2.40. The molecule has 0 fully saturated rings. The van der Waals surface area contributed by atoms with Crippen LogP contribution in [0.1, 0.15) is 66.8 Å². The maximum absolute atomic E-state index is 4.96. The molecule has 0 saturated carbocycles. The number of hydrogen-bond acceptors (Lipinski definition) is 18. The van der Waals surface area contributed by atoms with E-state index in [1.807, 2.05) is 41.5 Å². The molecular formula is C72H66Cu6N12S6. The van der Waals surface area contributed by atoms with E-state index in [0.717, 1.165) is 101 Å². The second-order valence-corrected chi connectivity index (χ2v) is 23.5. The summed E-state index contributed by atoms with van der Waals surface area (Å²) in [6, 6.07) is 49.5. The van der Waals surface area contributed by atoms with E-state index in [0.29, 0.717) is 30.9 Å². The van der Waals surface area contributed by atoms with Crippen LogP contribution in [0.2, 0.25) is 0 Å². The summed E-state index contributed by atoms with van der Waals surface area (Å²) in [5.41, 5.74) is 25.8. The van der Waals surface area contributed by atoms with E-state index < -0.39 is 0 Å². The summed E-state index contributed by atoms with van der Waals surface area (Å²) < 4.78 is 0. The standard InChI is InChI=1S/6C12H12N2S.6Cu/c6*1-8-3-5-10(6-4-8)11-9(2)7-13-12(15)14-11;;;;;;/h6*3-7H,1-2H3,(H,13,14,15);;;;;;/q;;;;;;6*+1/p-6. The first-order valence-corrected chi connectivity index (χ1v) is 30.9. The fraction of sp³-hybridized carbons (Fsp3) is 0.167. The second kappa shape index (κ2) is 43.6. The Bertz CT molecular complexity index is 3620. The van der Waals surface area contributed by atoms with Gasteiger partial charge in [0.05, 0.1) is 34.2 Å². The predicted octanol–water partition coefficient (Wildman–Crippen LogP) is 16.0. The molecule has 0 aliphatic rings. The van der Waals surface area contributed by atoms with E-state index in [-0.39, 0.29) is 102 Å². The molecule has 12 rings (SSSR count). The van der Waals surface area contributed by atoms with Crippen molar-refractivity contribution in [1.82, 2.24) is 59.8 Å². The Labute approximate surface area is 662 Å². The Morgan fingerprint density at radius 3 is 0.385 bits per heavy atom. The zero-order valence-electron chi connectivity index (χ0n) is 53.9. The number of nitrogens with zero attached hydrogens (tertiary/aromatic N) is 12. The van der Waals surface area contributed by atoms with Gasteiger partial charge in [0.2, 0.25) is 0 Å². The first kappa shape index (κ1) is 88.2. The van der Waals surface area contributed by atoms with Crippen LogP contribution in [0.25, 0.3) is 67.5 Å². The molecule has 0 amide bonds. The van der Waals surface area contributed by atoms with Crippen molar-refractivity contribution in [2.24, 2.45) is 0 Å². The topological polar surface area (TPSA) is 155 Å². The molecular weight excluding hydrogens is 1610 g/mol. The smallest absolute Gasteiger partial charge is 0.740 e. The van der Waals surface area contributed by atoms with Crippen LogP contribution < -0.4 is 0 Å². The molecule has 96 heavy (non-hydrogen) atoms. The molecule has 0 N–H and O–H groups in total. The van der Waals surface area contributed by atoms with Crippen LogP contribution in [0.5, 0.6) is 0 Å². The third kappa shape index (κ3) is 27.5. The fourth-order valence-corrected chi connectivity index (χ4v) is 9.44. The molecule has 0 atom stereocenters. The number of rotatable bonds is 6. The van der Waals surface area contributed by atoms with Gasteiger partial charge < -0.3 is 75.8 Å². The number of aromatic nitrogens is 12. The van der Waals surface area contributed by atoms with Crippen molar-refractivity contribution in [3.8, 4) is 67.5 Å². The van der Waals surface area contributed by atoms with Gasteiger partial charge in [-0.25, -0.2) is 0 Å². The Morgan fingerprint density at radius 1 is 0.177 bits per heavy atom. The third-order valence-corrected chi connectivity index (χ3v) is 14.8. The molecule has 516 valence electrons. The Morgan fingerprint density at radius 2 is 0.281 bits per heavy atom. The molecule has 6 aromatic heterocycles. The largest absolute Gasteiger partial charge is 1.00 e. The molecule has 0 bridgehead atoms. The number of hydrogen-bond donors (Lipinski definition) is 0. The van der Waals surface area contributed by atoms with Gasteiger partial charge in [0.1, 0.15) is 0 Å². The Balaban J connectivity index is 0.000000569. The molecule has 0 radical (unpaired) electrons. The minimum Gasteiger partial charge on any atom is -0.740 e. The normalized spacial score (nSPS) is 9.62. The van der Waals surface area contributed by atoms with Crippen LogP contribution in [-0.4, -0.2) is 59.8 Å². The van der Waals surface area contributed by atoms with Crippen LogP contribution in [-0.2, 0) is 178 Å². The molecule has 12 nitrogen and oxygen atoms in total. The quantitative estimate of drug-likeness (QED) is 0.0880. The van der Waals surface area contributed by atoms with Crippen molar-refractivity contribution in [1.29, 1.82) is 0 Å². The van der Waals surface area contributed by atoms with Gasteiger partial charge in [-0.3, -0.25) is 59.8 Å². The summed E-state index contributed by atoms with van der Waals surface area (Å²) >= 11 is 29.8. The van der Waals surface area contributed by atoms with Gasteiger partial charge >= 0.3 is 102 Å². The van der Waals surface area contributed by atoms with E-state index in [1.165, 1.54) is 33.4 Å². The Hall–Kier alpha value is -5.76. The molecule has 6 aromatic carbocycles. The average Bonchev–Trinajstić information content (AvgIpc) is 0.930. The minimum atomic E-state index is 0. The average molecular weight is 1670 g/mol. The first-order chi connectivity index (χ1) is 43.0. The van der Waals surface area contributed by atoms with Crippen molar-refractivity contribution in [3.63, 3.8) is 0 Å². The Kier molecular flexibility index (Phi) is 40.1. The van der Waals surface area contributed by atoms with Gasteiger partial charge in [-0.05, 0) is 116 Å². The molecule has 0 saturated heterocycles. The van der Waals surface area contributed by atoms with Crippen LogP contribution in [0.15, 0.2) is 214 Å². The van der Waals surface area contributed by atoms with Crippen LogP contribution >= 0.6 is 0 Å². The molecule has 24 heteroatoms. The van der Waals surface area contributed by atoms with Crippen LogP contribution in [0.4, 0.5) is 0 Å². The summed E-state index contributed by atoms with van der Waals surface area (Å²) in [4.78, 5) is 49.6. The fourth-order valence-electron chi connectivity index (χ4n) is 8.58. The van der Waals surface area contributed by atoms with Crippen molar-refractivity contribution >= 4 is 75.8 Å². The van der Waals surface area contributed by atoms with Gasteiger partial charge in [0.25, 0.3) is 0 Å². The van der Waals surface area contributed by atoms with E-state index in [4.69, 9.17) is 75.8 Å². The van der Waals surface area contributed by atoms with E-state index in [9.17, 15) is 0 Å². The zero-order chi connectivity index (χ0) is 65.0. The minimum absolute atomic E-state index is 0. The monoisotopic (exact) mass is 1670 g/mol. The summed E-state index contributed by atoms with van der Waals surface area (Å²) in [5.74, 6) is 0. The second-order valence-electron chi connectivity index (χ2n) is 21.3. The number of benzene rings is 6. The molecule has 12 aromatic rings. The summed E-state index contributed by atoms with van der Waals surface area (Å²) in [7, 11) is 0. The molecule has 0 spiro atoms.